The number of unbranched alkanes of at least 4 members (excludes halogenated alkanes) is 7. The second-order valence-corrected chi connectivity index (χ2v) is 8.29. The molecule has 1 aliphatic carbocycles. The summed E-state index contributed by atoms with van der Waals surface area (Å²) in [4.78, 5) is 0. The minimum atomic E-state index is 0.343. The Morgan fingerprint density at radius 2 is 1.65 bits per heavy atom. The molecule has 1 saturated carbocycles. The Bertz CT molecular complexity index is 229. The van der Waals surface area contributed by atoms with Crippen molar-refractivity contribution in [3.8, 4) is 0 Å². The predicted octanol–water partition coefficient (Wildman–Crippen LogP) is 6.22. The number of rotatable bonds is 11. The summed E-state index contributed by atoms with van der Waals surface area (Å²) in [5.41, 5.74) is 0. The van der Waals surface area contributed by atoms with E-state index in [1.807, 2.05) is 0 Å². The quantitative estimate of drug-likeness (QED) is 0.347. The van der Waals surface area contributed by atoms with Gasteiger partial charge in [0.2, 0.25) is 0 Å². The van der Waals surface area contributed by atoms with Crippen molar-refractivity contribution in [2.24, 2.45) is 5.92 Å². The van der Waals surface area contributed by atoms with Crippen LogP contribution in [0.1, 0.15) is 96.8 Å². The summed E-state index contributed by atoms with van der Waals surface area (Å²) in [6, 6.07) is 0. The molecule has 1 fully saturated rings. The molecule has 0 heterocycles. The van der Waals surface area contributed by atoms with E-state index < -0.39 is 0 Å². The molecule has 0 aromatic heterocycles. The van der Waals surface area contributed by atoms with E-state index in [1.165, 1.54) is 83.5 Å². The van der Waals surface area contributed by atoms with Gasteiger partial charge in [0, 0.05) is 10.9 Å². The molecule has 1 aliphatic rings. The van der Waals surface area contributed by atoms with E-state index in [0.29, 0.717) is 16.8 Å². The molecule has 0 aromatic carbocycles. The molecule has 0 saturated heterocycles. The number of hydrogen-bond donors (Lipinski definition) is 1. The van der Waals surface area contributed by atoms with Gasteiger partial charge in [-0.25, -0.2) is 0 Å². The highest BCUT2D eigenvalue weighted by Gasteiger charge is 2.37. The van der Waals surface area contributed by atoms with E-state index in [-0.39, 0.29) is 0 Å². The first-order valence-electron chi connectivity index (χ1n) is 9.02. The maximum Gasteiger partial charge on any atom is 0.0434 e. The summed E-state index contributed by atoms with van der Waals surface area (Å²) in [5, 5.41) is 9.24. The summed E-state index contributed by atoms with van der Waals surface area (Å²) in [5.74, 6) is 0.700. The van der Waals surface area contributed by atoms with Crippen LogP contribution in [0.15, 0.2) is 0 Å². The van der Waals surface area contributed by atoms with Gasteiger partial charge in [-0.15, -0.1) is 0 Å². The van der Waals surface area contributed by atoms with Crippen LogP contribution in [0.3, 0.4) is 0 Å². The number of hydrogen-bond acceptors (Lipinski definition) is 1. The first-order chi connectivity index (χ1) is 9.73. The van der Waals surface area contributed by atoms with Gasteiger partial charge in [-0.1, -0.05) is 87.1 Å². The van der Waals surface area contributed by atoms with Gasteiger partial charge in [0.25, 0.3) is 0 Å². The van der Waals surface area contributed by atoms with Crippen molar-refractivity contribution in [2.75, 3.05) is 6.61 Å². The third kappa shape index (κ3) is 6.93. The number of aliphatic hydroxyl groups excluding tert-OH is 1. The van der Waals surface area contributed by atoms with Crippen molar-refractivity contribution in [1.29, 1.82) is 0 Å². The van der Waals surface area contributed by atoms with Crippen LogP contribution in [0.5, 0.6) is 0 Å². The van der Waals surface area contributed by atoms with E-state index in [4.69, 9.17) is 0 Å². The van der Waals surface area contributed by atoms with E-state index in [2.05, 4.69) is 22.9 Å². The van der Waals surface area contributed by atoms with Crippen LogP contribution in [-0.4, -0.2) is 16.0 Å². The molecule has 0 amide bonds. The van der Waals surface area contributed by atoms with Crippen molar-refractivity contribution in [2.45, 2.75) is 101 Å². The fraction of sp³-hybridized carbons (Fsp3) is 1.00. The van der Waals surface area contributed by atoms with Gasteiger partial charge in [0.05, 0.1) is 0 Å². The molecular formula is C18H35BrO. The van der Waals surface area contributed by atoms with E-state index in [1.54, 1.807) is 0 Å². The van der Waals surface area contributed by atoms with Gasteiger partial charge >= 0.3 is 0 Å². The van der Waals surface area contributed by atoms with Crippen LogP contribution in [0.2, 0.25) is 0 Å². The summed E-state index contributed by atoms with van der Waals surface area (Å²) < 4.78 is 0.343. The number of halogens is 1. The molecule has 2 heteroatoms. The monoisotopic (exact) mass is 346 g/mol. The minimum Gasteiger partial charge on any atom is -0.396 e. The number of aliphatic hydroxyl groups is 1. The predicted molar refractivity (Wildman–Crippen MR) is 92.5 cm³/mol. The highest BCUT2D eigenvalue weighted by Crippen LogP contribution is 2.45. The maximum absolute atomic E-state index is 9.24. The second kappa shape index (κ2) is 11.1. The Morgan fingerprint density at radius 1 is 1.00 bits per heavy atom. The lowest BCUT2D eigenvalue weighted by molar-refractivity contribution is 0.191. The maximum atomic E-state index is 9.24. The van der Waals surface area contributed by atoms with E-state index in [0.717, 1.165) is 6.42 Å². The van der Waals surface area contributed by atoms with Crippen molar-refractivity contribution in [1.82, 2.24) is 0 Å². The van der Waals surface area contributed by atoms with Gasteiger partial charge in [-0.3, -0.25) is 0 Å². The molecular weight excluding hydrogens is 312 g/mol. The number of alkyl halides is 1. The molecule has 0 aliphatic heterocycles. The van der Waals surface area contributed by atoms with Gasteiger partial charge in [-0.05, 0) is 31.6 Å². The average Bonchev–Trinajstić information content (AvgIpc) is 2.45. The SMILES string of the molecule is CCCCCCCCCCC1(Br)CCCCC1CCO. The molecule has 2 unspecified atom stereocenters. The molecule has 0 aromatic rings. The zero-order valence-corrected chi connectivity index (χ0v) is 15.1. The smallest absolute Gasteiger partial charge is 0.0434 e. The minimum absolute atomic E-state index is 0.343. The Morgan fingerprint density at radius 3 is 2.30 bits per heavy atom. The Kier molecular flexibility index (Phi) is 10.2. The fourth-order valence-electron chi connectivity index (χ4n) is 3.71. The van der Waals surface area contributed by atoms with E-state index >= 15 is 0 Å². The fourth-order valence-corrected chi connectivity index (χ4v) is 4.73. The third-order valence-corrected chi connectivity index (χ3v) is 6.49. The van der Waals surface area contributed by atoms with Crippen molar-refractivity contribution >= 4 is 15.9 Å². The normalized spacial score (nSPS) is 26.9. The van der Waals surface area contributed by atoms with Gasteiger partial charge in [0.1, 0.15) is 0 Å². The lowest BCUT2D eigenvalue weighted by atomic mass is 9.75. The Balaban J connectivity index is 2.11. The molecule has 20 heavy (non-hydrogen) atoms. The molecule has 0 radical (unpaired) electrons. The van der Waals surface area contributed by atoms with Gasteiger partial charge < -0.3 is 5.11 Å². The summed E-state index contributed by atoms with van der Waals surface area (Å²) in [6.45, 7) is 2.64. The lowest BCUT2D eigenvalue weighted by Gasteiger charge is -2.40. The first kappa shape index (κ1) is 18.5. The van der Waals surface area contributed by atoms with Crippen LogP contribution < -0.4 is 0 Å². The van der Waals surface area contributed by atoms with Crippen LogP contribution in [0.4, 0.5) is 0 Å². The molecule has 0 spiro atoms. The zero-order valence-electron chi connectivity index (χ0n) is 13.5. The van der Waals surface area contributed by atoms with Crippen LogP contribution >= 0.6 is 15.9 Å². The highest BCUT2D eigenvalue weighted by molar-refractivity contribution is 9.10. The molecule has 1 N–H and O–H groups in total. The van der Waals surface area contributed by atoms with Crippen LogP contribution in [0.25, 0.3) is 0 Å². The summed E-state index contributed by atoms with van der Waals surface area (Å²) in [6.07, 6.45) is 18.9. The van der Waals surface area contributed by atoms with Crippen LogP contribution in [-0.2, 0) is 0 Å². The Hall–Kier alpha value is 0.440. The molecule has 1 nitrogen and oxygen atoms in total. The molecule has 0 bridgehead atoms. The second-order valence-electron chi connectivity index (χ2n) is 6.71. The van der Waals surface area contributed by atoms with E-state index in [9.17, 15) is 5.11 Å². The van der Waals surface area contributed by atoms with Crippen molar-refractivity contribution in [3.05, 3.63) is 0 Å². The summed E-state index contributed by atoms with van der Waals surface area (Å²) in [7, 11) is 0. The average molecular weight is 347 g/mol. The third-order valence-electron chi connectivity index (χ3n) is 5.05. The Labute approximate surface area is 135 Å². The van der Waals surface area contributed by atoms with Crippen molar-refractivity contribution < 1.29 is 5.11 Å². The first-order valence-corrected chi connectivity index (χ1v) is 9.82. The highest BCUT2D eigenvalue weighted by atomic mass is 79.9. The molecule has 2 atom stereocenters. The molecule has 120 valence electrons. The summed E-state index contributed by atoms with van der Waals surface area (Å²) >= 11 is 4.06. The van der Waals surface area contributed by atoms with Crippen molar-refractivity contribution in [3.63, 3.8) is 0 Å². The largest absolute Gasteiger partial charge is 0.396 e. The zero-order chi connectivity index (χ0) is 14.7. The van der Waals surface area contributed by atoms with Crippen LogP contribution in [0, 0.1) is 5.92 Å². The van der Waals surface area contributed by atoms with Gasteiger partial charge in [-0.2, -0.15) is 0 Å². The standard InChI is InChI=1S/C18H35BrO/c1-2-3-4-5-6-7-8-10-14-18(19)15-11-9-12-17(18)13-16-20/h17,20H,2-16H2,1H3. The topological polar surface area (TPSA) is 20.2 Å². The lowest BCUT2D eigenvalue weighted by Crippen LogP contribution is -2.35. The molecule has 1 rings (SSSR count). The van der Waals surface area contributed by atoms with Gasteiger partial charge in [0.15, 0.2) is 0 Å².